The van der Waals surface area contributed by atoms with Gasteiger partial charge in [-0.3, -0.25) is 14.8 Å². The van der Waals surface area contributed by atoms with Crippen molar-refractivity contribution >= 4 is 5.91 Å². The summed E-state index contributed by atoms with van der Waals surface area (Å²) in [6.45, 7) is 5.45. The van der Waals surface area contributed by atoms with E-state index in [0.717, 1.165) is 23.4 Å². The zero-order valence-corrected chi connectivity index (χ0v) is 15.5. The Hall–Kier alpha value is -3.02. The number of hydrogen-bond donors (Lipinski definition) is 0. The SMILES string of the molecule is CC(C)c1cc(C(=O)N2CCC(c3ccnc(-c4ccncc4)c3)C2)on1. The van der Waals surface area contributed by atoms with Gasteiger partial charge in [-0.2, -0.15) is 0 Å². The van der Waals surface area contributed by atoms with Crippen LogP contribution in [0.1, 0.15) is 53.9 Å². The molecule has 0 bridgehead atoms. The molecule has 1 amide bonds. The van der Waals surface area contributed by atoms with E-state index in [9.17, 15) is 4.79 Å². The lowest BCUT2D eigenvalue weighted by atomic mass is 9.97. The molecule has 1 unspecified atom stereocenters. The fourth-order valence-electron chi connectivity index (χ4n) is 3.42. The summed E-state index contributed by atoms with van der Waals surface area (Å²) >= 11 is 0. The fourth-order valence-corrected chi connectivity index (χ4v) is 3.42. The van der Waals surface area contributed by atoms with E-state index in [4.69, 9.17) is 4.52 Å². The van der Waals surface area contributed by atoms with Crippen molar-refractivity contribution in [3.63, 3.8) is 0 Å². The van der Waals surface area contributed by atoms with Crippen LogP contribution >= 0.6 is 0 Å². The number of amides is 1. The summed E-state index contributed by atoms with van der Waals surface area (Å²) in [6.07, 6.45) is 6.29. The van der Waals surface area contributed by atoms with Crippen LogP contribution < -0.4 is 0 Å². The van der Waals surface area contributed by atoms with Crippen molar-refractivity contribution in [3.05, 3.63) is 65.9 Å². The van der Waals surface area contributed by atoms with E-state index >= 15 is 0 Å². The number of carbonyl (C=O) groups excluding carboxylic acids is 1. The van der Waals surface area contributed by atoms with Crippen molar-refractivity contribution in [1.82, 2.24) is 20.0 Å². The molecular weight excluding hydrogens is 340 g/mol. The second-order valence-corrected chi connectivity index (χ2v) is 7.22. The summed E-state index contributed by atoms with van der Waals surface area (Å²) in [4.78, 5) is 23.1. The Bertz CT molecular complexity index is 936. The number of hydrogen-bond acceptors (Lipinski definition) is 5. The Morgan fingerprint density at radius 3 is 2.74 bits per heavy atom. The number of rotatable bonds is 4. The highest BCUT2D eigenvalue weighted by Crippen LogP contribution is 2.30. The van der Waals surface area contributed by atoms with E-state index < -0.39 is 0 Å². The van der Waals surface area contributed by atoms with Gasteiger partial charge in [0.2, 0.25) is 5.76 Å². The van der Waals surface area contributed by atoms with Gasteiger partial charge >= 0.3 is 0 Å². The summed E-state index contributed by atoms with van der Waals surface area (Å²) in [5.74, 6) is 0.780. The molecule has 1 atom stereocenters. The van der Waals surface area contributed by atoms with Crippen molar-refractivity contribution in [3.8, 4) is 11.3 Å². The predicted octanol–water partition coefficient (Wildman–Crippen LogP) is 3.88. The zero-order chi connectivity index (χ0) is 18.8. The molecule has 1 fully saturated rings. The lowest BCUT2D eigenvalue weighted by Gasteiger charge is -2.15. The maximum atomic E-state index is 12.7. The average molecular weight is 362 g/mol. The minimum absolute atomic E-state index is 0.0830. The van der Waals surface area contributed by atoms with Crippen molar-refractivity contribution in [2.75, 3.05) is 13.1 Å². The lowest BCUT2D eigenvalue weighted by molar-refractivity contribution is 0.0749. The molecule has 6 nitrogen and oxygen atoms in total. The molecule has 138 valence electrons. The Balaban J connectivity index is 1.48. The molecule has 3 aromatic rings. The molecule has 1 aliphatic heterocycles. The summed E-state index contributed by atoms with van der Waals surface area (Å²) in [5, 5.41) is 3.99. The van der Waals surface area contributed by atoms with Crippen LogP contribution in [-0.4, -0.2) is 39.0 Å². The minimum Gasteiger partial charge on any atom is -0.351 e. The van der Waals surface area contributed by atoms with Gasteiger partial charge in [0, 0.05) is 49.2 Å². The van der Waals surface area contributed by atoms with Crippen LogP contribution in [0.5, 0.6) is 0 Å². The molecule has 4 rings (SSSR count). The van der Waals surface area contributed by atoms with Crippen molar-refractivity contribution in [1.29, 1.82) is 0 Å². The number of pyridine rings is 2. The van der Waals surface area contributed by atoms with Gasteiger partial charge in [-0.1, -0.05) is 19.0 Å². The molecule has 0 saturated carbocycles. The van der Waals surface area contributed by atoms with E-state index in [2.05, 4.69) is 21.2 Å². The quantitative estimate of drug-likeness (QED) is 0.704. The van der Waals surface area contributed by atoms with Crippen LogP contribution in [0.3, 0.4) is 0 Å². The van der Waals surface area contributed by atoms with E-state index in [1.165, 1.54) is 5.56 Å². The second kappa shape index (κ2) is 7.31. The van der Waals surface area contributed by atoms with Gasteiger partial charge < -0.3 is 9.42 Å². The monoisotopic (exact) mass is 362 g/mol. The summed E-state index contributed by atoms with van der Waals surface area (Å²) in [5.41, 5.74) is 3.98. The lowest BCUT2D eigenvalue weighted by Crippen LogP contribution is -2.28. The third kappa shape index (κ3) is 3.60. The van der Waals surface area contributed by atoms with Crippen LogP contribution in [0.2, 0.25) is 0 Å². The Morgan fingerprint density at radius 2 is 2.00 bits per heavy atom. The third-order valence-corrected chi connectivity index (χ3v) is 5.04. The van der Waals surface area contributed by atoms with Crippen LogP contribution in [-0.2, 0) is 0 Å². The van der Waals surface area contributed by atoms with Crippen LogP contribution in [0, 0.1) is 0 Å². The largest absolute Gasteiger partial charge is 0.351 e. The first-order valence-corrected chi connectivity index (χ1v) is 9.24. The Kier molecular flexibility index (Phi) is 4.71. The predicted molar refractivity (Wildman–Crippen MR) is 101 cm³/mol. The van der Waals surface area contributed by atoms with Crippen molar-refractivity contribution in [2.45, 2.75) is 32.1 Å². The molecule has 1 aliphatic rings. The van der Waals surface area contributed by atoms with E-state index in [0.29, 0.717) is 24.8 Å². The molecule has 0 radical (unpaired) electrons. The van der Waals surface area contributed by atoms with Gasteiger partial charge in [0.1, 0.15) is 0 Å². The van der Waals surface area contributed by atoms with Gasteiger partial charge in [-0.05, 0) is 42.2 Å². The molecule has 4 heterocycles. The maximum Gasteiger partial charge on any atom is 0.292 e. The topological polar surface area (TPSA) is 72.1 Å². The number of carbonyl (C=O) groups is 1. The number of aromatic nitrogens is 3. The first kappa shape index (κ1) is 17.4. The van der Waals surface area contributed by atoms with E-state index in [-0.39, 0.29) is 11.8 Å². The maximum absolute atomic E-state index is 12.7. The van der Waals surface area contributed by atoms with Gasteiger partial charge in [-0.25, -0.2) is 0 Å². The first-order chi connectivity index (χ1) is 13.1. The summed E-state index contributed by atoms with van der Waals surface area (Å²) < 4.78 is 5.26. The molecular formula is C21H22N4O2. The molecule has 27 heavy (non-hydrogen) atoms. The summed E-state index contributed by atoms with van der Waals surface area (Å²) in [6, 6.07) is 9.81. The fraction of sp³-hybridized carbons (Fsp3) is 0.333. The van der Waals surface area contributed by atoms with Crippen LogP contribution in [0.4, 0.5) is 0 Å². The van der Waals surface area contributed by atoms with Gasteiger partial charge in [0.25, 0.3) is 5.91 Å². The summed E-state index contributed by atoms with van der Waals surface area (Å²) in [7, 11) is 0. The third-order valence-electron chi connectivity index (χ3n) is 5.04. The molecule has 1 saturated heterocycles. The van der Waals surface area contributed by atoms with Gasteiger partial charge in [0.15, 0.2) is 0 Å². The smallest absolute Gasteiger partial charge is 0.292 e. The van der Waals surface area contributed by atoms with E-state index in [1.807, 2.05) is 43.1 Å². The van der Waals surface area contributed by atoms with Crippen LogP contribution in [0.25, 0.3) is 11.3 Å². The molecule has 0 aliphatic carbocycles. The highest BCUT2D eigenvalue weighted by Gasteiger charge is 2.30. The van der Waals surface area contributed by atoms with Crippen LogP contribution in [0.15, 0.2) is 53.4 Å². The van der Waals surface area contributed by atoms with E-state index in [1.54, 1.807) is 18.5 Å². The molecule has 3 aromatic heterocycles. The zero-order valence-electron chi connectivity index (χ0n) is 15.5. The highest BCUT2D eigenvalue weighted by atomic mass is 16.5. The molecule has 0 spiro atoms. The Morgan fingerprint density at radius 1 is 1.19 bits per heavy atom. The van der Waals surface area contributed by atoms with Crippen molar-refractivity contribution in [2.24, 2.45) is 0 Å². The number of likely N-dealkylation sites (tertiary alicyclic amines) is 1. The normalized spacial score (nSPS) is 16.9. The molecule has 6 heteroatoms. The first-order valence-electron chi connectivity index (χ1n) is 9.24. The second-order valence-electron chi connectivity index (χ2n) is 7.22. The van der Waals surface area contributed by atoms with Gasteiger partial charge in [-0.15, -0.1) is 0 Å². The minimum atomic E-state index is -0.0830. The Labute approximate surface area is 158 Å². The molecule has 0 aromatic carbocycles. The number of nitrogens with zero attached hydrogens (tertiary/aromatic N) is 4. The molecule has 0 N–H and O–H groups in total. The highest BCUT2D eigenvalue weighted by molar-refractivity contribution is 5.91. The average Bonchev–Trinajstić information content (AvgIpc) is 3.38. The van der Waals surface area contributed by atoms with Crippen molar-refractivity contribution < 1.29 is 9.32 Å². The standard InChI is InChI=1S/C21H22N4O2/c1-14(2)18-12-20(27-24-18)21(26)25-10-6-17(13-25)16-5-9-23-19(11-16)15-3-7-22-8-4-15/h3-5,7-9,11-12,14,17H,6,10,13H2,1-2H3. The van der Waals surface area contributed by atoms with Gasteiger partial charge in [0.05, 0.1) is 11.4 Å².